The lowest BCUT2D eigenvalue weighted by molar-refractivity contribution is 0.104. The highest BCUT2D eigenvalue weighted by Crippen LogP contribution is 2.15. The minimum atomic E-state index is -0.0418. The van der Waals surface area contributed by atoms with Gasteiger partial charge in [-0.15, -0.1) is 0 Å². The number of hydrogen-bond donors (Lipinski definition) is 2. The largest absolute Gasteiger partial charge is 0.394 e. The summed E-state index contributed by atoms with van der Waals surface area (Å²) in [4.78, 5) is 0. The lowest BCUT2D eigenvalue weighted by atomic mass is 10.1. The van der Waals surface area contributed by atoms with Crippen LogP contribution in [0.15, 0.2) is 12.4 Å². The number of rotatable bonds is 7. The monoisotopic (exact) mass is 253 g/mol. The topological polar surface area (TPSA) is 59.3 Å². The third-order valence-electron chi connectivity index (χ3n) is 3.31. The number of aliphatic hydroxyl groups is 1. The quantitative estimate of drug-likeness (QED) is 0.764. The predicted molar refractivity (Wildman–Crippen MR) is 69.3 cm³/mol. The van der Waals surface area contributed by atoms with E-state index < -0.39 is 0 Å². The molecule has 5 heteroatoms. The van der Waals surface area contributed by atoms with Crippen LogP contribution in [0.3, 0.4) is 0 Å². The van der Waals surface area contributed by atoms with E-state index in [2.05, 4.69) is 17.3 Å². The molecule has 2 rings (SSSR count). The van der Waals surface area contributed by atoms with Gasteiger partial charge in [0, 0.05) is 31.5 Å². The van der Waals surface area contributed by atoms with Crippen molar-refractivity contribution in [3.63, 3.8) is 0 Å². The van der Waals surface area contributed by atoms with Gasteiger partial charge in [-0.1, -0.05) is 6.92 Å². The van der Waals surface area contributed by atoms with Crippen LogP contribution in [0.1, 0.15) is 37.8 Å². The zero-order chi connectivity index (χ0) is 12.8. The molecule has 0 spiro atoms. The third kappa shape index (κ3) is 3.54. The van der Waals surface area contributed by atoms with Gasteiger partial charge in [-0.2, -0.15) is 5.10 Å². The zero-order valence-electron chi connectivity index (χ0n) is 11.0. The van der Waals surface area contributed by atoms with Gasteiger partial charge in [0.25, 0.3) is 0 Å². The lowest BCUT2D eigenvalue weighted by Crippen LogP contribution is -2.31. The Balaban J connectivity index is 1.85. The Hall–Kier alpha value is -0.910. The van der Waals surface area contributed by atoms with E-state index in [-0.39, 0.29) is 12.6 Å². The Labute approximate surface area is 108 Å². The van der Waals surface area contributed by atoms with Crippen LogP contribution >= 0.6 is 0 Å². The molecule has 2 unspecified atom stereocenters. The molecule has 0 amide bonds. The fraction of sp³-hybridized carbons (Fsp3) is 0.769. The lowest BCUT2D eigenvalue weighted by Gasteiger charge is -2.17. The second-order valence-corrected chi connectivity index (χ2v) is 4.82. The number of ether oxygens (including phenoxy) is 1. The van der Waals surface area contributed by atoms with Crippen LogP contribution in [-0.4, -0.2) is 40.7 Å². The van der Waals surface area contributed by atoms with Gasteiger partial charge in [0.15, 0.2) is 0 Å². The summed E-state index contributed by atoms with van der Waals surface area (Å²) in [6.07, 6.45) is 7.45. The Kier molecular flexibility index (Phi) is 5.16. The molecule has 0 aromatic carbocycles. The van der Waals surface area contributed by atoms with Gasteiger partial charge >= 0.3 is 0 Å². The summed E-state index contributed by atoms with van der Waals surface area (Å²) >= 11 is 0. The van der Waals surface area contributed by atoms with E-state index in [0.717, 1.165) is 44.5 Å². The maximum atomic E-state index is 9.45. The SMILES string of the molecule is CCCn1cc(C(CO)NCC2CCCO2)cn1. The van der Waals surface area contributed by atoms with Crippen molar-refractivity contribution in [3.8, 4) is 0 Å². The van der Waals surface area contributed by atoms with Crippen molar-refractivity contribution < 1.29 is 9.84 Å². The normalized spacial score (nSPS) is 21.3. The summed E-state index contributed by atoms with van der Waals surface area (Å²) in [6, 6.07) is -0.0418. The van der Waals surface area contributed by atoms with Crippen LogP contribution in [0.4, 0.5) is 0 Å². The molecule has 0 saturated carbocycles. The van der Waals surface area contributed by atoms with Crippen molar-refractivity contribution >= 4 is 0 Å². The Morgan fingerprint density at radius 3 is 3.22 bits per heavy atom. The maximum Gasteiger partial charge on any atom is 0.0700 e. The van der Waals surface area contributed by atoms with E-state index >= 15 is 0 Å². The van der Waals surface area contributed by atoms with E-state index in [1.165, 1.54) is 0 Å². The molecule has 2 heterocycles. The molecule has 1 aliphatic rings. The molecule has 5 nitrogen and oxygen atoms in total. The van der Waals surface area contributed by atoms with Crippen LogP contribution in [0.2, 0.25) is 0 Å². The molecule has 0 radical (unpaired) electrons. The minimum absolute atomic E-state index is 0.0418. The molecule has 1 aromatic rings. The molecule has 102 valence electrons. The number of hydrogen-bond acceptors (Lipinski definition) is 4. The standard InChI is InChI=1S/C13H23N3O2/c1-2-5-16-9-11(7-15-16)13(10-17)14-8-12-4-3-6-18-12/h7,9,12-14,17H,2-6,8,10H2,1H3. The van der Waals surface area contributed by atoms with Crippen molar-refractivity contribution in [2.24, 2.45) is 0 Å². The Bertz CT molecular complexity index is 348. The first kappa shape index (κ1) is 13.5. The van der Waals surface area contributed by atoms with Crippen LogP contribution < -0.4 is 5.32 Å². The summed E-state index contributed by atoms with van der Waals surface area (Å²) in [6.45, 7) is 4.80. The van der Waals surface area contributed by atoms with Crippen LogP contribution in [0.5, 0.6) is 0 Å². The van der Waals surface area contributed by atoms with Gasteiger partial charge in [-0.3, -0.25) is 4.68 Å². The molecular formula is C13H23N3O2. The Morgan fingerprint density at radius 1 is 1.67 bits per heavy atom. The van der Waals surface area contributed by atoms with Crippen molar-refractivity contribution in [2.75, 3.05) is 19.8 Å². The number of aryl methyl sites for hydroxylation is 1. The highest BCUT2D eigenvalue weighted by Gasteiger charge is 2.18. The van der Waals surface area contributed by atoms with Gasteiger partial charge in [0.05, 0.1) is 24.9 Å². The summed E-state index contributed by atoms with van der Waals surface area (Å²) in [5, 5.41) is 17.1. The number of aromatic nitrogens is 2. The van der Waals surface area contributed by atoms with Gasteiger partial charge in [0.1, 0.15) is 0 Å². The first-order chi connectivity index (χ1) is 8.83. The van der Waals surface area contributed by atoms with Gasteiger partial charge in [-0.25, -0.2) is 0 Å². The van der Waals surface area contributed by atoms with E-state index in [1.54, 1.807) is 0 Å². The molecule has 1 aliphatic heterocycles. The average molecular weight is 253 g/mol. The highest BCUT2D eigenvalue weighted by atomic mass is 16.5. The Morgan fingerprint density at radius 2 is 2.56 bits per heavy atom. The number of aliphatic hydroxyl groups excluding tert-OH is 1. The summed E-state index contributed by atoms with van der Waals surface area (Å²) in [7, 11) is 0. The minimum Gasteiger partial charge on any atom is -0.394 e. The van der Waals surface area contributed by atoms with Gasteiger partial charge < -0.3 is 15.2 Å². The third-order valence-corrected chi connectivity index (χ3v) is 3.31. The van der Waals surface area contributed by atoms with Crippen LogP contribution in [-0.2, 0) is 11.3 Å². The maximum absolute atomic E-state index is 9.45. The molecule has 1 aromatic heterocycles. The first-order valence-electron chi connectivity index (χ1n) is 6.81. The summed E-state index contributed by atoms with van der Waals surface area (Å²) < 4.78 is 7.48. The van der Waals surface area contributed by atoms with Gasteiger partial charge in [0.2, 0.25) is 0 Å². The van der Waals surface area contributed by atoms with Crippen molar-refractivity contribution in [3.05, 3.63) is 18.0 Å². The molecule has 2 atom stereocenters. The fourth-order valence-electron chi connectivity index (χ4n) is 2.28. The fourth-order valence-corrected chi connectivity index (χ4v) is 2.28. The predicted octanol–water partition coefficient (Wildman–Crippen LogP) is 1.10. The van der Waals surface area contributed by atoms with E-state index in [9.17, 15) is 5.11 Å². The molecule has 0 aliphatic carbocycles. The summed E-state index contributed by atoms with van der Waals surface area (Å²) in [5.41, 5.74) is 1.05. The number of nitrogens with zero attached hydrogens (tertiary/aromatic N) is 2. The molecule has 18 heavy (non-hydrogen) atoms. The second-order valence-electron chi connectivity index (χ2n) is 4.82. The van der Waals surface area contributed by atoms with E-state index in [0.29, 0.717) is 6.10 Å². The molecule has 0 bridgehead atoms. The second kappa shape index (κ2) is 6.87. The molecular weight excluding hydrogens is 230 g/mol. The molecule has 1 fully saturated rings. The van der Waals surface area contributed by atoms with Crippen molar-refractivity contribution in [1.82, 2.24) is 15.1 Å². The average Bonchev–Trinajstić information content (AvgIpc) is 3.02. The van der Waals surface area contributed by atoms with E-state index in [4.69, 9.17) is 4.74 Å². The highest BCUT2D eigenvalue weighted by molar-refractivity contribution is 5.10. The van der Waals surface area contributed by atoms with Crippen LogP contribution in [0, 0.1) is 0 Å². The van der Waals surface area contributed by atoms with E-state index in [1.807, 2.05) is 17.1 Å². The zero-order valence-corrected chi connectivity index (χ0v) is 11.0. The molecule has 2 N–H and O–H groups in total. The first-order valence-corrected chi connectivity index (χ1v) is 6.81. The smallest absolute Gasteiger partial charge is 0.0700 e. The van der Waals surface area contributed by atoms with Crippen molar-refractivity contribution in [1.29, 1.82) is 0 Å². The van der Waals surface area contributed by atoms with Gasteiger partial charge in [-0.05, 0) is 19.3 Å². The number of nitrogens with one attached hydrogen (secondary N) is 1. The van der Waals surface area contributed by atoms with Crippen molar-refractivity contribution in [2.45, 2.75) is 44.9 Å². The van der Waals surface area contributed by atoms with Crippen LogP contribution in [0.25, 0.3) is 0 Å². The summed E-state index contributed by atoms with van der Waals surface area (Å²) in [5.74, 6) is 0. The molecule has 1 saturated heterocycles.